The highest BCUT2D eigenvalue weighted by atomic mass is 35.5. The molecule has 0 saturated carbocycles. The second-order valence-electron chi connectivity index (χ2n) is 6.00. The largest absolute Gasteiger partial charge is 0.481 e. The summed E-state index contributed by atoms with van der Waals surface area (Å²) in [6.45, 7) is 0. The first-order valence-electron chi connectivity index (χ1n) is 7.90. The Kier molecular flexibility index (Phi) is 6.56. The van der Waals surface area contributed by atoms with Crippen molar-refractivity contribution in [3.05, 3.63) is 64.7 Å². The van der Waals surface area contributed by atoms with Crippen molar-refractivity contribution in [3.63, 3.8) is 0 Å². The zero-order chi connectivity index (χ0) is 18.4. The molecule has 0 aliphatic rings. The van der Waals surface area contributed by atoms with Crippen molar-refractivity contribution in [1.29, 1.82) is 0 Å². The molecular weight excluding hydrogens is 340 g/mol. The molecule has 0 fully saturated rings. The van der Waals surface area contributed by atoms with Gasteiger partial charge in [0.15, 0.2) is 0 Å². The molecule has 0 aromatic heterocycles. The van der Waals surface area contributed by atoms with Gasteiger partial charge in [-0.25, -0.2) is 0 Å². The first-order chi connectivity index (χ1) is 11.9. The maximum absolute atomic E-state index is 12.8. The molecule has 25 heavy (non-hydrogen) atoms. The summed E-state index contributed by atoms with van der Waals surface area (Å²) in [6, 6.07) is 14.0. The fourth-order valence-corrected chi connectivity index (χ4v) is 2.83. The molecule has 0 aliphatic heterocycles. The van der Waals surface area contributed by atoms with E-state index in [1.807, 2.05) is 37.2 Å². The van der Waals surface area contributed by atoms with Crippen LogP contribution in [0.4, 0.5) is 5.69 Å². The van der Waals surface area contributed by atoms with E-state index in [1.165, 1.54) is 0 Å². The highest BCUT2D eigenvalue weighted by Gasteiger charge is 2.23. The molecule has 1 atom stereocenters. The number of nitrogens with zero attached hydrogens (tertiary/aromatic N) is 1. The molecule has 0 radical (unpaired) electrons. The van der Waals surface area contributed by atoms with Gasteiger partial charge in [-0.05, 0) is 55.9 Å². The molecule has 2 aromatic rings. The van der Waals surface area contributed by atoms with Crippen molar-refractivity contribution < 1.29 is 14.7 Å². The number of aryl methyl sites for hydroxylation is 1. The Bertz CT molecular complexity index is 762. The van der Waals surface area contributed by atoms with Crippen LogP contribution in [-0.4, -0.2) is 36.0 Å². The van der Waals surface area contributed by atoms with Gasteiger partial charge in [0.05, 0.1) is 0 Å². The van der Waals surface area contributed by atoms with E-state index in [0.717, 1.165) is 11.1 Å². The molecule has 0 aliphatic carbocycles. The monoisotopic (exact) mass is 360 g/mol. The Morgan fingerprint density at radius 1 is 1.16 bits per heavy atom. The van der Waals surface area contributed by atoms with Crippen molar-refractivity contribution in [2.45, 2.75) is 18.9 Å². The maximum Gasteiger partial charge on any atom is 0.303 e. The van der Waals surface area contributed by atoms with E-state index in [-0.39, 0.29) is 12.3 Å². The Balaban J connectivity index is 2.16. The van der Waals surface area contributed by atoms with Crippen molar-refractivity contribution in [1.82, 2.24) is 4.90 Å². The summed E-state index contributed by atoms with van der Waals surface area (Å²) in [5, 5.41) is 12.3. The average Bonchev–Trinajstić information content (AvgIpc) is 2.53. The van der Waals surface area contributed by atoms with Crippen LogP contribution in [0, 0.1) is 0 Å². The van der Waals surface area contributed by atoms with Gasteiger partial charge >= 0.3 is 5.97 Å². The van der Waals surface area contributed by atoms with E-state index in [9.17, 15) is 9.59 Å². The van der Waals surface area contributed by atoms with E-state index in [0.29, 0.717) is 17.1 Å². The minimum Gasteiger partial charge on any atom is -0.481 e. The van der Waals surface area contributed by atoms with Gasteiger partial charge < -0.3 is 10.4 Å². The van der Waals surface area contributed by atoms with Gasteiger partial charge in [0, 0.05) is 17.1 Å². The molecule has 132 valence electrons. The van der Waals surface area contributed by atoms with Gasteiger partial charge in [-0.15, -0.1) is 0 Å². The molecule has 0 bridgehead atoms. The topological polar surface area (TPSA) is 69.6 Å². The molecule has 0 saturated heterocycles. The number of nitrogens with one attached hydrogen (secondary N) is 1. The fourth-order valence-electron chi connectivity index (χ4n) is 2.63. The number of carboxylic acids is 1. The third-order valence-corrected chi connectivity index (χ3v) is 3.99. The molecule has 0 heterocycles. The Morgan fingerprint density at radius 2 is 1.88 bits per heavy atom. The third kappa shape index (κ3) is 5.59. The predicted molar refractivity (Wildman–Crippen MR) is 98.9 cm³/mol. The summed E-state index contributed by atoms with van der Waals surface area (Å²) in [7, 11) is 3.66. The number of carboxylic acid groups (broad SMARTS) is 1. The SMILES string of the molecule is CN(C)C(C(=O)Nc1cccc(CCC(=O)O)c1)c1cccc(Cl)c1. The molecular formula is C19H21ClN2O3. The highest BCUT2D eigenvalue weighted by molar-refractivity contribution is 6.30. The number of hydrogen-bond donors (Lipinski definition) is 2. The van der Waals surface area contributed by atoms with Crippen LogP contribution in [0.1, 0.15) is 23.6 Å². The second-order valence-corrected chi connectivity index (χ2v) is 6.44. The number of hydrogen-bond acceptors (Lipinski definition) is 3. The minimum absolute atomic E-state index is 0.0558. The van der Waals surface area contributed by atoms with Crippen LogP contribution in [0.5, 0.6) is 0 Å². The normalized spacial score (nSPS) is 12.0. The average molecular weight is 361 g/mol. The lowest BCUT2D eigenvalue weighted by molar-refractivity contribution is -0.137. The van der Waals surface area contributed by atoms with Crippen molar-refractivity contribution >= 4 is 29.2 Å². The smallest absolute Gasteiger partial charge is 0.303 e. The van der Waals surface area contributed by atoms with E-state index in [2.05, 4.69) is 5.32 Å². The third-order valence-electron chi connectivity index (χ3n) is 3.75. The Morgan fingerprint density at radius 3 is 2.52 bits per heavy atom. The summed E-state index contributed by atoms with van der Waals surface area (Å²) >= 11 is 6.04. The van der Waals surface area contributed by atoms with Crippen LogP contribution in [0.3, 0.4) is 0 Å². The van der Waals surface area contributed by atoms with Crippen LogP contribution in [-0.2, 0) is 16.0 Å². The maximum atomic E-state index is 12.8. The van der Waals surface area contributed by atoms with Crippen molar-refractivity contribution in [2.24, 2.45) is 0 Å². The van der Waals surface area contributed by atoms with Gasteiger partial charge in [-0.1, -0.05) is 35.9 Å². The summed E-state index contributed by atoms with van der Waals surface area (Å²) < 4.78 is 0. The number of anilines is 1. The summed E-state index contributed by atoms with van der Waals surface area (Å²) in [6.07, 6.45) is 0.477. The molecule has 6 heteroatoms. The van der Waals surface area contributed by atoms with Crippen molar-refractivity contribution in [3.8, 4) is 0 Å². The number of amides is 1. The van der Waals surface area contributed by atoms with E-state index in [4.69, 9.17) is 16.7 Å². The van der Waals surface area contributed by atoms with Crippen LogP contribution in [0.2, 0.25) is 5.02 Å². The molecule has 2 rings (SSSR count). The van der Waals surface area contributed by atoms with E-state index in [1.54, 1.807) is 30.3 Å². The second kappa shape index (κ2) is 8.65. The van der Waals surface area contributed by atoms with Gasteiger partial charge in [0.2, 0.25) is 5.91 Å². The number of rotatable bonds is 7. The van der Waals surface area contributed by atoms with Crippen molar-refractivity contribution in [2.75, 3.05) is 19.4 Å². The van der Waals surface area contributed by atoms with E-state index < -0.39 is 12.0 Å². The Hall–Kier alpha value is -2.37. The molecule has 5 nitrogen and oxygen atoms in total. The summed E-state index contributed by atoms with van der Waals surface area (Å²) in [5.74, 6) is -1.02. The first-order valence-corrected chi connectivity index (χ1v) is 8.28. The number of carbonyl (C=O) groups is 2. The lowest BCUT2D eigenvalue weighted by atomic mass is 10.0. The van der Waals surface area contributed by atoms with Crippen LogP contribution < -0.4 is 5.32 Å². The van der Waals surface area contributed by atoms with Gasteiger partial charge in [-0.3, -0.25) is 14.5 Å². The highest BCUT2D eigenvalue weighted by Crippen LogP contribution is 2.23. The standard InChI is InChI=1S/C19H21ClN2O3/c1-22(2)18(14-6-4-7-15(20)12-14)19(25)21-16-8-3-5-13(11-16)9-10-17(23)24/h3-8,11-12,18H,9-10H2,1-2H3,(H,21,25)(H,23,24). The quantitative estimate of drug-likeness (QED) is 0.791. The number of aliphatic carboxylic acids is 1. The zero-order valence-electron chi connectivity index (χ0n) is 14.2. The number of carbonyl (C=O) groups excluding carboxylic acids is 1. The first kappa shape index (κ1) is 19.0. The molecule has 2 N–H and O–H groups in total. The zero-order valence-corrected chi connectivity index (χ0v) is 15.0. The van der Waals surface area contributed by atoms with Gasteiger partial charge in [0.1, 0.15) is 6.04 Å². The summed E-state index contributed by atoms with van der Waals surface area (Å²) in [5.41, 5.74) is 2.31. The number of halogens is 1. The van der Waals surface area contributed by atoms with Gasteiger partial charge in [-0.2, -0.15) is 0 Å². The molecule has 2 aromatic carbocycles. The fraction of sp³-hybridized carbons (Fsp3) is 0.263. The van der Waals surface area contributed by atoms with Crippen LogP contribution in [0.15, 0.2) is 48.5 Å². The predicted octanol–water partition coefficient (Wildman–Crippen LogP) is 3.60. The minimum atomic E-state index is -0.844. The number of likely N-dealkylation sites (N-methyl/N-ethyl adjacent to an activating group) is 1. The van der Waals surface area contributed by atoms with E-state index >= 15 is 0 Å². The molecule has 0 spiro atoms. The molecule has 1 amide bonds. The Labute approximate surface area is 152 Å². The van der Waals surface area contributed by atoms with Crippen LogP contribution >= 0.6 is 11.6 Å². The lowest BCUT2D eigenvalue weighted by Gasteiger charge is -2.24. The van der Waals surface area contributed by atoms with Gasteiger partial charge in [0.25, 0.3) is 0 Å². The number of benzene rings is 2. The molecule has 1 unspecified atom stereocenters. The summed E-state index contributed by atoms with van der Waals surface area (Å²) in [4.78, 5) is 25.3. The van der Waals surface area contributed by atoms with Crippen LogP contribution in [0.25, 0.3) is 0 Å². The lowest BCUT2D eigenvalue weighted by Crippen LogP contribution is -2.32.